The molecule has 0 fully saturated rings. The zero-order chi connectivity index (χ0) is 15.4. The maximum Gasteiger partial charge on any atom is 0.363 e. The number of nitrogens with zero attached hydrogens (tertiary/aromatic N) is 1. The fraction of sp³-hybridized carbons (Fsp3) is 0. The molecule has 1 aliphatic heterocycles. The number of benzene rings is 2. The quantitative estimate of drug-likeness (QED) is 0.639. The van der Waals surface area contributed by atoms with Gasteiger partial charge in [-0.15, -0.1) is 0 Å². The summed E-state index contributed by atoms with van der Waals surface area (Å²) in [6, 6.07) is 15.7. The number of rotatable bonds is 3. The minimum Gasteiger partial charge on any atom is -0.402 e. The Hall–Kier alpha value is -3.01. The smallest absolute Gasteiger partial charge is 0.363 e. The first-order valence-electron chi connectivity index (χ1n) is 6.73. The lowest BCUT2D eigenvalue weighted by Gasteiger charge is -1.99. The predicted octanol–water partition coefficient (Wildman–Crippen LogP) is 3.73. The molecular weight excluding hydrogens is 281 g/mol. The molecule has 0 spiro atoms. The zero-order valence-electron chi connectivity index (χ0n) is 11.6. The van der Waals surface area contributed by atoms with Crippen molar-refractivity contribution < 1.29 is 13.9 Å². The number of carbonyl (C=O) groups is 1. The molecule has 0 saturated carbocycles. The largest absolute Gasteiger partial charge is 0.402 e. The number of ether oxygens (including phenoxy) is 1. The molecule has 2 aromatic rings. The van der Waals surface area contributed by atoms with Crippen molar-refractivity contribution in [3.8, 4) is 0 Å². The Labute approximate surface area is 127 Å². The number of hydrogen-bond acceptors (Lipinski definition) is 3. The van der Waals surface area contributed by atoms with E-state index in [-0.39, 0.29) is 17.2 Å². The number of halogens is 1. The minimum atomic E-state index is -0.587. The SMILES string of the molecule is O=C1OC(c2ccccc2F)=N/C1=C/C=C/c1ccccc1. The Balaban J connectivity index is 1.83. The average molecular weight is 293 g/mol. The predicted molar refractivity (Wildman–Crippen MR) is 82.6 cm³/mol. The summed E-state index contributed by atoms with van der Waals surface area (Å²) >= 11 is 0. The summed E-state index contributed by atoms with van der Waals surface area (Å²) in [6.45, 7) is 0. The molecule has 0 bridgehead atoms. The first-order chi connectivity index (χ1) is 10.7. The van der Waals surface area contributed by atoms with E-state index in [0.29, 0.717) is 0 Å². The molecule has 0 unspecified atom stereocenters. The van der Waals surface area contributed by atoms with E-state index in [1.54, 1.807) is 24.3 Å². The van der Waals surface area contributed by atoms with Gasteiger partial charge in [-0.25, -0.2) is 14.2 Å². The third-order valence-electron chi connectivity index (χ3n) is 3.07. The molecule has 0 saturated heterocycles. The summed E-state index contributed by atoms with van der Waals surface area (Å²) in [7, 11) is 0. The lowest BCUT2D eigenvalue weighted by molar-refractivity contribution is -0.130. The van der Waals surface area contributed by atoms with Gasteiger partial charge in [0.2, 0.25) is 5.90 Å². The van der Waals surface area contributed by atoms with Crippen molar-refractivity contribution in [1.29, 1.82) is 0 Å². The molecule has 22 heavy (non-hydrogen) atoms. The van der Waals surface area contributed by atoms with Crippen LogP contribution in [0.5, 0.6) is 0 Å². The van der Waals surface area contributed by atoms with E-state index in [2.05, 4.69) is 4.99 Å². The number of aliphatic imine (C=N–C) groups is 1. The highest BCUT2D eigenvalue weighted by molar-refractivity contribution is 6.11. The molecule has 0 radical (unpaired) electrons. The first kappa shape index (κ1) is 13.9. The molecular formula is C18H12FNO2. The Morgan fingerprint density at radius 2 is 1.73 bits per heavy atom. The summed E-state index contributed by atoms with van der Waals surface area (Å²) in [4.78, 5) is 15.8. The summed E-state index contributed by atoms with van der Waals surface area (Å²) in [6.07, 6.45) is 5.10. The monoisotopic (exact) mass is 293 g/mol. The van der Waals surface area contributed by atoms with Gasteiger partial charge in [-0.2, -0.15) is 0 Å². The van der Waals surface area contributed by atoms with Crippen molar-refractivity contribution >= 4 is 17.9 Å². The minimum absolute atomic E-state index is 0.0116. The van der Waals surface area contributed by atoms with Crippen LogP contribution >= 0.6 is 0 Å². The van der Waals surface area contributed by atoms with Crippen LogP contribution in [0.1, 0.15) is 11.1 Å². The highest BCUT2D eigenvalue weighted by Gasteiger charge is 2.25. The second-order valence-electron chi connectivity index (χ2n) is 4.61. The normalized spacial score (nSPS) is 16.1. The molecule has 108 valence electrons. The molecule has 0 N–H and O–H groups in total. The van der Waals surface area contributed by atoms with Gasteiger partial charge in [-0.1, -0.05) is 54.6 Å². The van der Waals surface area contributed by atoms with Crippen molar-refractivity contribution in [2.75, 3.05) is 0 Å². The van der Waals surface area contributed by atoms with Gasteiger partial charge < -0.3 is 4.74 Å². The summed E-state index contributed by atoms with van der Waals surface area (Å²) < 4.78 is 18.7. The van der Waals surface area contributed by atoms with E-state index < -0.39 is 11.8 Å². The van der Waals surface area contributed by atoms with Crippen LogP contribution in [0.4, 0.5) is 4.39 Å². The van der Waals surface area contributed by atoms with Crippen molar-refractivity contribution in [2.45, 2.75) is 0 Å². The number of esters is 1. The third-order valence-corrected chi connectivity index (χ3v) is 3.07. The summed E-state index contributed by atoms with van der Waals surface area (Å²) in [5.74, 6) is -1.08. The van der Waals surface area contributed by atoms with Crippen LogP contribution in [0, 0.1) is 5.82 Å². The van der Waals surface area contributed by atoms with Gasteiger partial charge in [0, 0.05) is 0 Å². The van der Waals surface area contributed by atoms with E-state index in [1.807, 2.05) is 36.4 Å². The third kappa shape index (κ3) is 3.01. The van der Waals surface area contributed by atoms with E-state index >= 15 is 0 Å². The van der Waals surface area contributed by atoms with Gasteiger partial charge in [0.1, 0.15) is 5.82 Å². The molecule has 0 amide bonds. The molecule has 2 aromatic carbocycles. The fourth-order valence-corrected chi connectivity index (χ4v) is 1.99. The summed E-state index contributed by atoms with van der Waals surface area (Å²) in [5, 5.41) is 0. The van der Waals surface area contributed by atoms with Crippen LogP contribution in [0.2, 0.25) is 0 Å². The first-order valence-corrected chi connectivity index (χ1v) is 6.73. The molecule has 0 aromatic heterocycles. The number of hydrogen-bond donors (Lipinski definition) is 0. The Morgan fingerprint density at radius 3 is 2.50 bits per heavy atom. The molecule has 3 nitrogen and oxygen atoms in total. The van der Waals surface area contributed by atoms with Crippen LogP contribution in [0.15, 0.2) is 77.4 Å². The van der Waals surface area contributed by atoms with Gasteiger partial charge >= 0.3 is 5.97 Å². The standard InChI is InChI=1S/C18H12FNO2/c19-15-11-5-4-10-14(15)17-20-16(18(21)22-17)12-6-9-13-7-2-1-3-8-13/h1-12H/b9-6+,16-12+. The van der Waals surface area contributed by atoms with Gasteiger partial charge in [-0.3, -0.25) is 0 Å². The lowest BCUT2D eigenvalue weighted by atomic mass is 10.2. The maximum absolute atomic E-state index is 13.7. The molecule has 0 aliphatic carbocycles. The molecule has 1 heterocycles. The molecule has 0 atom stereocenters. The van der Waals surface area contributed by atoms with Crippen LogP contribution in [0.25, 0.3) is 6.08 Å². The van der Waals surface area contributed by atoms with E-state index in [0.717, 1.165) is 5.56 Å². The fourth-order valence-electron chi connectivity index (χ4n) is 1.99. The van der Waals surface area contributed by atoms with Crippen LogP contribution in [0.3, 0.4) is 0 Å². The highest BCUT2D eigenvalue weighted by atomic mass is 19.1. The highest BCUT2D eigenvalue weighted by Crippen LogP contribution is 2.18. The van der Waals surface area contributed by atoms with E-state index in [1.165, 1.54) is 12.1 Å². The Morgan fingerprint density at radius 1 is 1.00 bits per heavy atom. The Bertz CT molecular complexity index is 792. The van der Waals surface area contributed by atoms with Gasteiger partial charge in [-0.05, 0) is 23.8 Å². The lowest BCUT2D eigenvalue weighted by Crippen LogP contribution is -2.07. The van der Waals surface area contributed by atoms with Crippen molar-refractivity contribution in [1.82, 2.24) is 0 Å². The molecule has 4 heteroatoms. The second-order valence-corrected chi connectivity index (χ2v) is 4.61. The number of allylic oxidation sites excluding steroid dienone is 2. The topological polar surface area (TPSA) is 38.7 Å². The van der Waals surface area contributed by atoms with Crippen LogP contribution in [-0.2, 0) is 9.53 Å². The number of cyclic esters (lactones) is 1. The van der Waals surface area contributed by atoms with Crippen LogP contribution < -0.4 is 0 Å². The molecule has 3 rings (SSSR count). The van der Waals surface area contributed by atoms with E-state index in [4.69, 9.17) is 4.74 Å². The number of carbonyl (C=O) groups excluding carboxylic acids is 1. The maximum atomic E-state index is 13.7. The van der Waals surface area contributed by atoms with E-state index in [9.17, 15) is 9.18 Å². The van der Waals surface area contributed by atoms with Crippen molar-refractivity contribution in [2.24, 2.45) is 4.99 Å². The zero-order valence-corrected chi connectivity index (χ0v) is 11.6. The van der Waals surface area contributed by atoms with Crippen molar-refractivity contribution in [3.05, 3.63) is 89.4 Å². The average Bonchev–Trinajstić information content (AvgIpc) is 2.90. The van der Waals surface area contributed by atoms with Gasteiger partial charge in [0.05, 0.1) is 5.56 Å². The van der Waals surface area contributed by atoms with Gasteiger partial charge in [0.25, 0.3) is 0 Å². The van der Waals surface area contributed by atoms with Gasteiger partial charge in [0.15, 0.2) is 5.70 Å². The Kier molecular flexibility index (Phi) is 3.92. The second kappa shape index (κ2) is 6.18. The summed E-state index contributed by atoms with van der Waals surface area (Å²) in [5.41, 5.74) is 1.32. The van der Waals surface area contributed by atoms with Crippen LogP contribution in [-0.4, -0.2) is 11.9 Å². The molecule has 1 aliphatic rings. The van der Waals surface area contributed by atoms with Crippen molar-refractivity contribution in [3.63, 3.8) is 0 Å².